The number of nitrogens with one attached hydrogen (secondary N) is 1. The van der Waals surface area contributed by atoms with E-state index >= 15 is 0 Å². The molecule has 0 aliphatic rings. The molecule has 0 radical (unpaired) electrons. The minimum Gasteiger partial charge on any atom is -0.496 e. The number of rotatable bonds is 4. The van der Waals surface area contributed by atoms with Crippen molar-refractivity contribution in [3.05, 3.63) is 41.3 Å². The number of aromatic nitrogens is 2. The van der Waals surface area contributed by atoms with E-state index in [0.29, 0.717) is 6.54 Å². The van der Waals surface area contributed by atoms with Crippen LogP contribution < -0.4 is 10.1 Å². The second-order valence-electron chi connectivity index (χ2n) is 4.53. The van der Waals surface area contributed by atoms with Gasteiger partial charge in [-0.05, 0) is 50.2 Å². The van der Waals surface area contributed by atoms with Gasteiger partial charge >= 0.3 is 0 Å². The van der Waals surface area contributed by atoms with Gasteiger partial charge in [0.1, 0.15) is 11.6 Å². The van der Waals surface area contributed by atoms with Gasteiger partial charge in [-0.1, -0.05) is 0 Å². The third-order valence-electron chi connectivity index (χ3n) is 3.00. The van der Waals surface area contributed by atoms with E-state index in [9.17, 15) is 0 Å². The van der Waals surface area contributed by atoms with E-state index in [4.69, 9.17) is 4.74 Å². The summed E-state index contributed by atoms with van der Waals surface area (Å²) < 4.78 is 5.39. The Kier molecular flexibility index (Phi) is 4.12. The highest BCUT2D eigenvalue weighted by Gasteiger charge is 2.08. The minimum absolute atomic E-state index is 0.669. The van der Waals surface area contributed by atoms with Crippen molar-refractivity contribution in [1.29, 1.82) is 0 Å². The van der Waals surface area contributed by atoms with Crippen molar-refractivity contribution in [3.8, 4) is 17.0 Å². The van der Waals surface area contributed by atoms with Gasteiger partial charge in [-0.15, -0.1) is 0 Å². The highest BCUT2D eigenvalue weighted by atomic mass is 16.5. The fourth-order valence-corrected chi connectivity index (χ4v) is 2.22. The summed E-state index contributed by atoms with van der Waals surface area (Å²) in [7, 11) is 3.59. The van der Waals surface area contributed by atoms with Crippen molar-refractivity contribution in [2.24, 2.45) is 0 Å². The van der Waals surface area contributed by atoms with Gasteiger partial charge in [-0.3, -0.25) is 0 Å². The Hall–Kier alpha value is -1.94. The second-order valence-corrected chi connectivity index (χ2v) is 4.53. The van der Waals surface area contributed by atoms with Crippen molar-refractivity contribution in [2.75, 3.05) is 14.2 Å². The van der Waals surface area contributed by atoms with Crippen LogP contribution in [-0.4, -0.2) is 24.1 Å². The molecule has 0 aliphatic heterocycles. The number of methoxy groups -OCH3 is 1. The van der Waals surface area contributed by atoms with Crippen LogP contribution in [-0.2, 0) is 6.54 Å². The monoisotopic (exact) mass is 257 g/mol. The van der Waals surface area contributed by atoms with Gasteiger partial charge < -0.3 is 10.1 Å². The van der Waals surface area contributed by atoms with Crippen LogP contribution in [0.25, 0.3) is 11.3 Å². The summed E-state index contributed by atoms with van der Waals surface area (Å²) in [5, 5.41) is 3.06. The van der Waals surface area contributed by atoms with Crippen LogP contribution in [0.3, 0.4) is 0 Å². The molecule has 4 heteroatoms. The first-order valence-electron chi connectivity index (χ1n) is 6.28. The molecule has 0 aliphatic carbocycles. The molecule has 1 aromatic heterocycles. The SMILES string of the molecule is CNCc1nccc(-c2cc(C)c(OC)c(C)c2)n1. The number of benzene rings is 1. The maximum absolute atomic E-state index is 5.39. The molecule has 4 nitrogen and oxygen atoms in total. The Bertz CT molecular complexity index is 558. The molecule has 100 valence electrons. The summed E-state index contributed by atoms with van der Waals surface area (Å²) in [4.78, 5) is 8.79. The van der Waals surface area contributed by atoms with E-state index in [0.717, 1.165) is 34.0 Å². The second kappa shape index (κ2) is 5.80. The highest BCUT2D eigenvalue weighted by Crippen LogP contribution is 2.28. The fourth-order valence-electron chi connectivity index (χ4n) is 2.22. The summed E-state index contributed by atoms with van der Waals surface area (Å²) in [6, 6.07) is 6.12. The zero-order chi connectivity index (χ0) is 13.8. The lowest BCUT2D eigenvalue weighted by atomic mass is 10.0. The van der Waals surface area contributed by atoms with Gasteiger partial charge in [0, 0.05) is 11.8 Å². The van der Waals surface area contributed by atoms with Crippen LogP contribution in [0, 0.1) is 13.8 Å². The van der Waals surface area contributed by atoms with Gasteiger partial charge in [0.2, 0.25) is 0 Å². The average Bonchev–Trinajstić information content (AvgIpc) is 2.39. The Morgan fingerprint density at radius 3 is 2.47 bits per heavy atom. The first-order valence-corrected chi connectivity index (χ1v) is 6.28. The minimum atomic E-state index is 0.669. The smallest absolute Gasteiger partial charge is 0.142 e. The van der Waals surface area contributed by atoms with Gasteiger partial charge in [0.25, 0.3) is 0 Å². The Labute approximate surface area is 113 Å². The van der Waals surface area contributed by atoms with Crippen LogP contribution in [0.1, 0.15) is 17.0 Å². The molecule has 0 bridgehead atoms. The molecule has 1 N–H and O–H groups in total. The number of nitrogens with zero attached hydrogens (tertiary/aromatic N) is 2. The van der Waals surface area contributed by atoms with Gasteiger partial charge in [-0.2, -0.15) is 0 Å². The number of hydrogen-bond donors (Lipinski definition) is 1. The predicted octanol–water partition coefficient (Wildman–Crippen LogP) is 2.49. The van der Waals surface area contributed by atoms with Crippen molar-refractivity contribution in [2.45, 2.75) is 20.4 Å². The summed E-state index contributed by atoms with van der Waals surface area (Å²) in [5.41, 5.74) is 4.27. The molecule has 1 heterocycles. The summed E-state index contributed by atoms with van der Waals surface area (Å²) in [5.74, 6) is 1.74. The van der Waals surface area contributed by atoms with Crippen LogP contribution in [0.4, 0.5) is 0 Å². The molecule has 2 aromatic rings. The van der Waals surface area contributed by atoms with Crippen LogP contribution in [0.15, 0.2) is 24.4 Å². The molecule has 19 heavy (non-hydrogen) atoms. The average molecular weight is 257 g/mol. The maximum atomic E-state index is 5.39. The van der Waals surface area contributed by atoms with Crippen LogP contribution in [0.2, 0.25) is 0 Å². The van der Waals surface area contributed by atoms with E-state index in [2.05, 4.69) is 27.4 Å². The molecule has 0 unspecified atom stereocenters. The Balaban J connectivity index is 2.44. The van der Waals surface area contributed by atoms with Crippen LogP contribution in [0.5, 0.6) is 5.75 Å². The van der Waals surface area contributed by atoms with E-state index in [1.165, 1.54) is 0 Å². The van der Waals surface area contributed by atoms with Gasteiger partial charge in [0.05, 0.1) is 19.3 Å². The summed E-state index contributed by atoms with van der Waals surface area (Å²) >= 11 is 0. The molecule has 2 rings (SSSR count). The quantitative estimate of drug-likeness (QED) is 0.914. The first kappa shape index (κ1) is 13.5. The normalized spacial score (nSPS) is 10.5. The predicted molar refractivity (Wildman–Crippen MR) is 76.3 cm³/mol. The lowest BCUT2D eigenvalue weighted by Gasteiger charge is -2.11. The van der Waals surface area contributed by atoms with Crippen molar-refractivity contribution in [3.63, 3.8) is 0 Å². The molecule has 0 amide bonds. The largest absolute Gasteiger partial charge is 0.496 e. The lowest BCUT2D eigenvalue weighted by Crippen LogP contribution is -2.09. The van der Waals surface area contributed by atoms with Gasteiger partial charge in [-0.25, -0.2) is 9.97 Å². The zero-order valence-electron chi connectivity index (χ0n) is 11.8. The molecular weight excluding hydrogens is 238 g/mol. The molecule has 0 fully saturated rings. The lowest BCUT2D eigenvalue weighted by molar-refractivity contribution is 0.408. The topological polar surface area (TPSA) is 47.0 Å². The number of aryl methyl sites for hydroxylation is 2. The fraction of sp³-hybridized carbons (Fsp3) is 0.333. The Morgan fingerprint density at radius 2 is 1.89 bits per heavy atom. The van der Waals surface area contributed by atoms with Crippen molar-refractivity contribution in [1.82, 2.24) is 15.3 Å². The van der Waals surface area contributed by atoms with Gasteiger partial charge in [0.15, 0.2) is 0 Å². The third kappa shape index (κ3) is 2.90. The molecule has 0 saturated heterocycles. The molecule has 0 atom stereocenters. The first-order chi connectivity index (χ1) is 9.15. The summed E-state index contributed by atoms with van der Waals surface area (Å²) in [6.07, 6.45) is 1.80. The van der Waals surface area contributed by atoms with Crippen molar-refractivity contribution >= 4 is 0 Å². The maximum Gasteiger partial charge on any atom is 0.142 e. The zero-order valence-corrected chi connectivity index (χ0v) is 11.8. The number of hydrogen-bond acceptors (Lipinski definition) is 4. The Morgan fingerprint density at radius 1 is 1.21 bits per heavy atom. The van der Waals surface area contributed by atoms with E-state index in [-0.39, 0.29) is 0 Å². The molecule has 0 spiro atoms. The van der Waals surface area contributed by atoms with Crippen molar-refractivity contribution < 1.29 is 4.74 Å². The number of ether oxygens (including phenoxy) is 1. The van der Waals surface area contributed by atoms with Crippen LogP contribution >= 0.6 is 0 Å². The molecular formula is C15H19N3O. The summed E-state index contributed by atoms with van der Waals surface area (Å²) in [6.45, 7) is 4.76. The third-order valence-corrected chi connectivity index (χ3v) is 3.00. The standard InChI is InChI=1S/C15H19N3O/c1-10-7-12(8-11(2)15(10)19-4)13-5-6-17-14(18-13)9-16-3/h5-8,16H,9H2,1-4H3. The highest BCUT2D eigenvalue weighted by molar-refractivity contribution is 5.63. The molecule has 0 saturated carbocycles. The molecule has 1 aromatic carbocycles. The van der Waals surface area contributed by atoms with E-state index < -0.39 is 0 Å². The van der Waals surface area contributed by atoms with E-state index in [1.54, 1.807) is 13.3 Å². The van der Waals surface area contributed by atoms with E-state index in [1.807, 2.05) is 27.0 Å².